The number of hydrogen-bond acceptors (Lipinski definition) is 4. The van der Waals surface area contributed by atoms with E-state index in [0.717, 1.165) is 11.9 Å². The number of rotatable bonds is 6. The molecule has 1 N–H and O–H groups in total. The molecule has 0 aliphatic carbocycles. The molecule has 0 saturated carbocycles. The van der Waals surface area contributed by atoms with Gasteiger partial charge in [0.1, 0.15) is 9.84 Å². The first-order valence-corrected chi connectivity index (χ1v) is 7.02. The highest BCUT2D eigenvalue weighted by Gasteiger charge is 2.07. The largest absolute Gasteiger partial charge is 0.378 e. The molecule has 1 aromatic rings. The van der Waals surface area contributed by atoms with E-state index in [1.165, 1.54) is 0 Å². The quantitative estimate of drug-likeness (QED) is 0.810. The molecular weight excluding hydrogens is 226 g/mol. The predicted octanol–water partition coefficient (Wildman–Crippen LogP) is 1.10. The van der Waals surface area contributed by atoms with Gasteiger partial charge in [-0.1, -0.05) is 18.2 Å². The number of Topliss-reactive ketones (excluding diaryl/α,β-unsaturated/α-hetero) is 1. The van der Waals surface area contributed by atoms with Gasteiger partial charge in [0.15, 0.2) is 5.78 Å². The molecule has 4 nitrogen and oxygen atoms in total. The number of anilines is 1. The van der Waals surface area contributed by atoms with E-state index in [0.29, 0.717) is 0 Å². The maximum absolute atomic E-state index is 11.3. The molecule has 0 bridgehead atoms. The van der Waals surface area contributed by atoms with Crippen LogP contribution < -0.4 is 5.32 Å². The number of carbonyl (C=O) groups is 1. The van der Waals surface area contributed by atoms with Gasteiger partial charge in [0.2, 0.25) is 0 Å². The minimum absolute atomic E-state index is 0.0681. The highest BCUT2D eigenvalue weighted by molar-refractivity contribution is 7.90. The average Bonchev–Trinajstić information content (AvgIpc) is 2.24. The van der Waals surface area contributed by atoms with Crippen molar-refractivity contribution in [3.8, 4) is 0 Å². The average molecular weight is 241 g/mol. The lowest BCUT2D eigenvalue weighted by molar-refractivity contribution is -0.117. The van der Waals surface area contributed by atoms with Gasteiger partial charge in [0.05, 0.1) is 12.3 Å². The Kier molecular flexibility index (Phi) is 4.49. The Bertz CT molecular complexity index is 440. The van der Waals surface area contributed by atoms with E-state index in [2.05, 4.69) is 5.32 Å². The van der Waals surface area contributed by atoms with E-state index in [1.54, 1.807) is 0 Å². The Balaban J connectivity index is 2.31. The minimum Gasteiger partial charge on any atom is -0.378 e. The smallest absolute Gasteiger partial charge is 0.152 e. The summed E-state index contributed by atoms with van der Waals surface area (Å²) >= 11 is 0. The molecule has 0 unspecified atom stereocenters. The van der Waals surface area contributed by atoms with Crippen molar-refractivity contribution in [1.29, 1.82) is 0 Å². The van der Waals surface area contributed by atoms with Crippen molar-refractivity contribution in [2.75, 3.05) is 23.9 Å². The lowest BCUT2D eigenvalue weighted by Gasteiger charge is -2.04. The predicted molar refractivity (Wildman–Crippen MR) is 64.3 cm³/mol. The highest BCUT2D eigenvalue weighted by Crippen LogP contribution is 2.04. The van der Waals surface area contributed by atoms with Crippen LogP contribution in [0.2, 0.25) is 0 Å². The Morgan fingerprint density at radius 3 is 2.44 bits per heavy atom. The van der Waals surface area contributed by atoms with Crippen LogP contribution in [0.4, 0.5) is 5.69 Å². The van der Waals surface area contributed by atoms with Crippen LogP contribution in [0.5, 0.6) is 0 Å². The number of carbonyl (C=O) groups excluding carboxylic acids is 1. The molecule has 1 rings (SSSR count). The monoisotopic (exact) mass is 241 g/mol. The zero-order valence-corrected chi connectivity index (χ0v) is 9.96. The van der Waals surface area contributed by atoms with Gasteiger partial charge in [-0.05, 0) is 12.1 Å². The van der Waals surface area contributed by atoms with Crippen LogP contribution in [0, 0.1) is 0 Å². The van der Waals surface area contributed by atoms with E-state index >= 15 is 0 Å². The number of benzene rings is 1. The molecule has 0 amide bonds. The fraction of sp³-hybridized carbons (Fsp3) is 0.364. The third kappa shape index (κ3) is 5.50. The number of ketones is 1. The van der Waals surface area contributed by atoms with Gasteiger partial charge in [-0.25, -0.2) is 8.42 Å². The standard InChI is InChI=1S/C11H15NO3S/c1-16(14,15)8-7-11(13)9-12-10-5-3-2-4-6-10/h2-6,12H,7-9H2,1H3. The maximum atomic E-state index is 11.3. The van der Waals surface area contributed by atoms with E-state index in [1.807, 2.05) is 30.3 Å². The first-order chi connectivity index (χ1) is 7.47. The number of sulfone groups is 1. The van der Waals surface area contributed by atoms with Crippen LogP contribution >= 0.6 is 0 Å². The Labute approximate surface area is 95.6 Å². The zero-order valence-electron chi connectivity index (χ0n) is 9.14. The molecular formula is C11H15NO3S. The topological polar surface area (TPSA) is 63.2 Å². The third-order valence-corrected chi connectivity index (χ3v) is 2.96. The molecule has 0 aliphatic heterocycles. The molecule has 1 aromatic carbocycles. The minimum atomic E-state index is -3.05. The summed E-state index contributed by atoms with van der Waals surface area (Å²) < 4.78 is 21.7. The summed E-state index contributed by atoms with van der Waals surface area (Å²) in [6.07, 6.45) is 1.20. The van der Waals surface area contributed by atoms with Crippen LogP contribution in [0.25, 0.3) is 0 Å². The highest BCUT2D eigenvalue weighted by atomic mass is 32.2. The Morgan fingerprint density at radius 1 is 1.25 bits per heavy atom. The molecule has 16 heavy (non-hydrogen) atoms. The molecule has 0 fully saturated rings. The van der Waals surface area contributed by atoms with Gasteiger partial charge in [0.25, 0.3) is 0 Å². The Morgan fingerprint density at radius 2 is 1.88 bits per heavy atom. The lowest BCUT2D eigenvalue weighted by Crippen LogP contribution is -2.17. The molecule has 0 atom stereocenters. The van der Waals surface area contributed by atoms with Crippen molar-refractivity contribution in [2.45, 2.75) is 6.42 Å². The summed E-state index contributed by atoms with van der Waals surface area (Å²) in [5.41, 5.74) is 0.857. The van der Waals surface area contributed by atoms with Crippen LogP contribution in [0.3, 0.4) is 0 Å². The van der Waals surface area contributed by atoms with Gasteiger partial charge in [-0.3, -0.25) is 4.79 Å². The van der Waals surface area contributed by atoms with Crippen LogP contribution in [-0.2, 0) is 14.6 Å². The number of hydrogen-bond donors (Lipinski definition) is 1. The summed E-state index contributed by atoms with van der Waals surface area (Å²) in [7, 11) is -3.05. The second-order valence-electron chi connectivity index (χ2n) is 3.64. The molecule has 88 valence electrons. The lowest BCUT2D eigenvalue weighted by atomic mass is 10.3. The SMILES string of the molecule is CS(=O)(=O)CCC(=O)CNc1ccccc1. The molecule has 0 radical (unpaired) electrons. The molecule has 0 spiro atoms. The van der Waals surface area contributed by atoms with Crippen LogP contribution in [0.1, 0.15) is 6.42 Å². The van der Waals surface area contributed by atoms with Crippen LogP contribution in [-0.4, -0.2) is 32.8 Å². The van der Waals surface area contributed by atoms with Crippen molar-refractivity contribution < 1.29 is 13.2 Å². The normalized spacial score (nSPS) is 11.1. The summed E-state index contributed by atoms with van der Waals surface area (Å²) in [5, 5.41) is 2.94. The van der Waals surface area contributed by atoms with Crippen molar-refractivity contribution in [3.05, 3.63) is 30.3 Å². The second kappa shape index (κ2) is 5.65. The van der Waals surface area contributed by atoms with Gasteiger partial charge in [-0.15, -0.1) is 0 Å². The number of nitrogens with one attached hydrogen (secondary N) is 1. The fourth-order valence-corrected chi connectivity index (χ4v) is 1.74. The molecule has 5 heteroatoms. The van der Waals surface area contributed by atoms with Crippen molar-refractivity contribution >= 4 is 21.3 Å². The fourth-order valence-electron chi connectivity index (χ4n) is 1.14. The first kappa shape index (κ1) is 12.7. The van der Waals surface area contributed by atoms with E-state index < -0.39 is 9.84 Å². The molecule has 0 saturated heterocycles. The molecule has 0 aliphatic rings. The van der Waals surface area contributed by atoms with E-state index in [-0.39, 0.29) is 24.5 Å². The van der Waals surface area contributed by atoms with E-state index in [4.69, 9.17) is 0 Å². The van der Waals surface area contributed by atoms with Gasteiger partial charge in [0, 0.05) is 18.4 Å². The maximum Gasteiger partial charge on any atom is 0.152 e. The van der Waals surface area contributed by atoms with Gasteiger partial charge >= 0.3 is 0 Å². The van der Waals surface area contributed by atoms with E-state index in [9.17, 15) is 13.2 Å². The van der Waals surface area contributed by atoms with Gasteiger partial charge < -0.3 is 5.32 Å². The third-order valence-electron chi connectivity index (χ3n) is 2.02. The first-order valence-electron chi connectivity index (χ1n) is 4.96. The summed E-state index contributed by atoms with van der Waals surface area (Å²) in [4.78, 5) is 11.3. The number of para-hydroxylation sites is 1. The summed E-state index contributed by atoms with van der Waals surface area (Å²) in [5.74, 6) is -0.184. The van der Waals surface area contributed by atoms with Crippen molar-refractivity contribution in [3.63, 3.8) is 0 Å². The summed E-state index contributed by atoms with van der Waals surface area (Å²) in [6.45, 7) is 0.166. The van der Waals surface area contributed by atoms with Crippen molar-refractivity contribution in [1.82, 2.24) is 0 Å². The summed E-state index contributed by atoms with van der Waals surface area (Å²) in [6, 6.07) is 9.32. The molecule has 0 heterocycles. The molecule has 0 aromatic heterocycles. The van der Waals surface area contributed by atoms with Gasteiger partial charge in [-0.2, -0.15) is 0 Å². The second-order valence-corrected chi connectivity index (χ2v) is 5.90. The van der Waals surface area contributed by atoms with Crippen LogP contribution in [0.15, 0.2) is 30.3 Å². The zero-order chi connectivity index (χ0) is 12.0. The Hall–Kier alpha value is -1.36. The van der Waals surface area contributed by atoms with Crippen molar-refractivity contribution in [2.24, 2.45) is 0 Å².